The van der Waals surface area contributed by atoms with Crippen LogP contribution in [0.2, 0.25) is 0 Å². The lowest BCUT2D eigenvalue weighted by Gasteiger charge is -2.31. The van der Waals surface area contributed by atoms with Crippen LogP contribution in [-0.4, -0.2) is 27.5 Å². The molecule has 1 heterocycles. The summed E-state index contributed by atoms with van der Waals surface area (Å²) in [6.45, 7) is 8.29. The minimum Gasteiger partial charge on any atom is -0.335 e. The summed E-state index contributed by atoms with van der Waals surface area (Å²) in [4.78, 5) is 27.9. The van der Waals surface area contributed by atoms with Gasteiger partial charge < -0.3 is 20.5 Å². The summed E-state index contributed by atoms with van der Waals surface area (Å²) in [6.07, 6.45) is 5.48. The number of aromatic nitrogens is 2. The highest BCUT2D eigenvalue weighted by Crippen LogP contribution is 2.22. The van der Waals surface area contributed by atoms with Crippen molar-refractivity contribution in [2.75, 3.05) is 10.6 Å². The van der Waals surface area contributed by atoms with Gasteiger partial charge >= 0.3 is 6.03 Å². The average molecular weight is 375 g/mol. The van der Waals surface area contributed by atoms with E-state index in [2.05, 4.69) is 20.9 Å². The van der Waals surface area contributed by atoms with Gasteiger partial charge in [0.2, 0.25) is 5.91 Å². The third-order valence-corrected chi connectivity index (χ3v) is 4.12. The van der Waals surface area contributed by atoms with E-state index in [1.165, 1.54) is 18.2 Å². The fraction of sp³-hybridized carbons (Fsp3) is 0.421. The fourth-order valence-electron chi connectivity index (χ4n) is 2.41. The standard InChI is InChI=1S/C19H26FN5O2/c1-5-17(26)22-13-6-7-14(20)15(10-13)23-18(27)24-16(19(2,3)4)11-25-9-8-21-12-25/h6-10,12,16H,5,11H2,1-4H3,(H,22,26)(H2,23,24,27). The Morgan fingerprint density at radius 1 is 1.26 bits per heavy atom. The number of nitrogens with zero attached hydrogens (tertiary/aromatic N) is 2. The Morgan fingerprint density at radius 3 is 2.59 bits per heavy atom. The van der Waals surface area contributed by atoms with Crippen LogP contribution in [0.15, 0.2) is 36.9 Å². The Kier molecular flexibility index (Phi) is 6.55. The Bertz CT molecular complexity index is 784. The maximum atomic E-state index is 14.1. The van der Waals surface area contributed by atoms with Gasteiger partial charge in [0.15, 0.2) is 0 Å². The van der Waals surface area contributed by atoms with E-state index in [0.29, 0.717) is 18.7 Å². The quantitative estimate of drug-likeness (QED) is 0.721. The molecule has 0 aliphatic rings. The van der Waals surface area contributed by atoms with E-state index in [4.69, 9.17) is 0 Å². The van der Waals surface area contributed by atoms with Gasteiger partial charge in [-0.2, -0.15) is 0 Å². The highest BCUT2D eigenvalue weighted by molar-refractivity contribution is 5.93. The zero-order chi connectivity index (χ0) is 20.0. The van der Waals surface area contributed by atoms with E-state index in [1.54, 1.807) is 19.4 Å². The van der Waals surface area contributed by atoms with Gasteiger partial charge in [0.1, 0.15) is 5.82 Å². The SMILES string of the molecule is CCC(=O)Nc1ccc(F)c(NC(=O)NC(Cn2ccnc2)C(C)(C)C)c1. The lowest BCUT2D eigenvalue weighted by atomic mass is 9.86. The average Bonchev–Trinajstić information content (AvgIpc) is 3.09. The molecule has 0 aliphatic carbocycles. The van der Waals surface area contributed by atoms with Crippen molar-refractivity contribution in [2.24, 2.45) is 5.41 Å². The zero-order valence-corrected chi connectivity index (χ0v) is 16.0. The number of imidazole rings is 1. The van der Waals surface area contributed by atoms with Crippen LogP contribution < -0.4 is 16.0 Å². The summed E-state index contributed by atoms with van der Waals surface area (Å²) >= 11 is 0. The lowest BCUT2D eigenvalue weighted by Crippen LogP contribution is -2.47. The normalized spacial score (nSPS) is 12.3. The van der Waals surface area contributed by atoms with Crippen molar-refractivity contribution in [2.45, 2.75) is 46.7 Å². The number of urea groups is 1. The molecule has 1 unspecified atom stereocenters. The molecule has 1 aromatic heterocycles. The van der Waals surface area contributed by atoms with Crippen molar-refractivity contribution >= 4 is 23.3 Å². The molecule has 0 bridgehead atoms. The van der Waals surface area contributed by atoms with E-state index >= 15 is 0 Å². The molecular formula is C19H26FN5O2. The van der Waals surface area contributed by atoms with Gasteiger partial charge in [-0.05, 0) is 23.6 Å². The number of halogens is 1. The Morgan fingerprint density at radius 2 is 2.00 bits per heavy atom. The van der Waals surface area contributed by atoms with Crippen LogP contribution in [0.5, 0.6) is 0 Å². The van der Waals surface area contributed by atoms with Crippen molar-refractivity contribution in [1.29, 1.82) is 0 Å². The molecule has 0 spiro atoms. The Labute approximate surface area is 158 Å². The molecule has 0 fully saturated rings. The maximum Gasteiger partial charge on any atom is 0.319 e. The number of amides is 3. The number of benzene rings is 1. The minimum atomic E-state index is -0.582. The van der Waals surface area contributed by atoms with E-state index in [0.717, 1.165) is 0 Å². The number of nitrogens with one attached hydrogen (secondary N) is 3. The van der Waals surface area contributed by atoms with Crippen LogP contribution in [-0.2, 0) is 11.3 Å². The highest BCUT2D eigenvalue weighted by atomic mass is 19.1. The third-order valence-electron chi connectivity index (χ3n) is 4.12. The molecule has 3 amide bonds. The molecule has 8 heteroatoms. The van der Waals surface area contributed by atoms with E-state index in [9.17, 15) is 14.0 Å². The summed E-state index contributed by atoms with van der Waals surface area (Å²) in [5, 5.41) is 8.05. The molecule has 27 heavy (non-hydrogen) atoms. The summed E-state index contributed by atoms with van der Waals surface area (Å²) in [7, 11) is 0. The second-order valence-electron chi connectivity index (χ2n) is 7.37. The van der Waals surface area contributed by atoms with Gasteiger partial charge in [-0.25, -0.2) is 14.2 Å². The number of carbonyl (C=O) groups is 2. The molecule has 0 radical (unpaired) electrons. The minimum absolute atomic E-state index is 0.00306. The molecule has 7 nitrogen and oxygen atoms in total. The molecule has 146 valence electrons. The van der Waals surface area contributed by atoms with Gasteiger partial charge in [-0.15, -0.1) is 0 Å². The number of rotatable bonds is 6. The van der Waals surface area contributed by atoms with Crippen LogP contribution in [0.25, 0.3) is 0 Å². The molecule has 3 N–H and O–H groups in total. The monoisotopic (exact) mass is 375 g/mol. The summed E-state index contributed by atoms with van der Waals surface area (Å²) in [6, 6.07) is 3.31. The van der Waals surface area contributed by atoms with E-state index in [-0.39, 0.29) is 23.1 Å². The van der Waals surface area contributed by atoms with Crippen molar-refractivity contribution in [1.82, 2.24) is 14.9 Å². The number of hydrogen-bond donors (Lipinski definition) is 3. The number of anilines is 2. The first-order valence-electron chi connectivity index (χ1n) is 8.81. The van der Waals surface area contributed by atoms with Crippen molar-refractivity contribution in [3.8, 4) is 0 Å². The summed E-state index contributed by atoms with van der Waals surface area (Å²) < 4.78 is 15.9. The second-order valence-corrected chi connectivity index (χ2v) is 7.37. The fourth-order valence-corrected chi connectivity index (χ4v) is 2.41. The van der Waals surface area contributed by atoms with Crippen molar-refractivity contribution in [3.05, 3.63) is 42.7 Å². The molecule has 2 aromatic rings. The Hall–Kier alpha value is -2.90. The smallest absolute Gasteiger partial charge is 0.319 e. The van der Waals surface area contributed by atoms with Gasteiger partial charge in [0, 0.05) is 31.0 Å². The summed E-state index contributed by atoms with van der Waals surface area (Å²) in [5.41, 5.74) is 0.193. The third kappa shape index (κ3) is 6.09. The van der Waals surface area contributed by atoms with E-state index < -0.39 is 11.8 Å². The molecule has 2 rings (SSSR count). The maximum absolute atomic E-state index is 14.1. The van der Waals surface area contributed by atoms with Crippen molar-refractivity contribution in [3.63, 3.8) is 0 Å². The van der Waals surface area contributed by atoms with Crippen LogP contribution in [0, 0.1) is 11.2 Å². The van der Waals surface area contributed by atoms with Crippen LogP contribution in [0.3, 0.4) is 0 Å². The first-order valence-corrected chi connectivity index (χ1v) is 8.81. The highest BCUT2D eigenvalue weighted by Gasteiger charge is 2.27. The molecule has 0 saturated carbocycles. The number of carbonyl (C=O) groups excluding carboxylic acids is 2. The first-order chi connectivity index (χ1) is 12.7. The molecule has 1 atom stereocenters. The van der Waals surface area contributed by atoms with Gasteiger partial charge in [0.25, 0.3) is 0 Å². The molecule has 0 saturated heterocycles. The lowest BCUT2D eigenvalue weighted by molar-refractivity contribution is -0.115. The predicted octanol–water partition coefficient (Wildman–Crippen LogP) is 3.61. The topological polar surface area (TPSA) is 88.0 Å². The van der Waals surface area contributed by atoms with E-state index in [1.807, 2.05) is 31.5 Å². The second kappa shape index (κ2) is 8.66. The molecule has 1 aromatic carbocycles. The Balaban J connectivity index is 2.08. The summed E-state index contributed by atoms with van der Waals surface area (Å²) in [5.74, 6) is -0.772. The van der Waals surface area contributed by atoms with Crippen LogP contribution in [0.4, 0.5) is 20.6 Å². The largest absolute Gasteiger partial charge is 0.335 e. The first kappa shape index (κ1) is 20.4. The predicted molar refractivity (Wildman–Crippen MR) is 103 cm³/mol. The van der Waals surface area contributed by atoms with Gasteiger partial charge in [-0.3, -0.25) is 4.79 Å². The number of hydrogen-bond acceptors (Lipinski definition) is 3. The van der Waals surface area contributed by atoms with Gasteiger partial charge in [0.05, 0.1) is 18.1 Å². The molecular weight excluding hydrogens is 349 g/mol. The van der Waals surface area contributed by atoms with Gasteiger partial charge in [-0.1, -0.05) is 27.7 Å². The van der Waals surface area contributed by atoms with Crippen LogP contribution in [0.1, 0.15) is 34.1 Å². The zero-order valence-electron chi connectivity index (χ0n) is 16.0. The molecule has 0 aliphatic heterocycles. The van der Waals surface area contributed by atoms with Crippen molar-refractivity contribution < 1.29 is 14.0 Å². The van der Waals surface area contributed by atoms with Crippen LogP contribution >= 0.6 is 0 Å².